The van der Waals surface area contributed by atoms with Crippen molar-refractivity contribution in [3.05, 3.63) is 303 Å². The van der Waals surface area contributed by atoms with Gasteiger partial charge >= 0.3 is 0.282 Å². The molecule has 0 saturated heterocycles. The minimum absolute atomic E-state index is 0.00688. The number of anilines is 12. The van der Waals surface area contributed by atoms with Crippen LogP contribution < -0.4 is 45.7 Å². The third-order valence-corrected chi connectivity index (χ3v) is 38.4. The lowest BCUT2D eigenvalue weighted by atomic mass is 9.36. The Balaban J connectivity index is 0.000000175. The first-order valence-electron chi connectivity index (χ1n) is 50.4. The van der Waals surface area contributed by atoms with Crippen LogP contribution in [0.1, 0.15) is 270 Å². The third-order valence-electron chi connectivity index (χ3n) is 32.1. The van der Waals surface area contributed by atoms with E-state index in [-0.39, 0.29) is 60.9 Å². The Labute approximate surface area is 874 Å². The fraction of sp³-hybridized carbons (Fsp3) is 0.387. The molecule has 0 unspecified atom stereocenters. The average Bonchev–Trinajstić information content (AvgIpc) is 1.64. The molecule has 6 aliphatic carbocycles. The average molecular weight is 2210 g/mol. The second kappa shape index (κ2) is 35.5. The molecule has 137 heavy (non-hydrogen) atoms. The van der Waals surface area contributed by atoms with Gasteiger partial charge in [0.2, 0.25) is 0 Å². The second-order valence-electron chi connectivity index (χ2n) is 50.8. The van der Waals surface area contributed by atoms with E-state index in [0.29, 0.717) is 0 Å². The van der Waals surface area contributed by atoms with Crippen molar-refractivity contribution in [2.45, 2.75) is 311 Å². The zero-order chi connectivity index (χ0) is 98.5. The van der Waals surface area contributed by atoms with Crippen LogP contribution in [0.25, 0.3) is 42.4 Å². The molecule has 8 aliphatic rings. The highest BCUT2D eigenvalue weighted by molar-refractivity contribution is 14.4. The molecule has 0 amide bonds. The van der Waals surface area contributed by atoms with Crippen molar-refractivity contribution in [2.75, 3.05) is 19.6 Å². The van der Waals surface area contributed by atoms with Gasteiger partial charge in [-0.2, -0.15) is 0 Å². The molecule has 0 N–H and O–H groups in total. The Morgan fingerprint density at radius 1 is 0.343 bits per heavy atom. The number of benzene rings is 12. The summed E-state index contributed by atoms with van der Waals surface area (Å²) in [6.07, 6.45) is 10.2. The molecule has 2 fully saturated rings. The zero-order valence-electron chi connectivity index (χ0n) is 87.6. The minimum Gasteiger partial charge on any atom is -0.311 e. The molecule has 4 heterocycles. The summed E-state index contributed by atoms with van der Waals surface area (Å²) < 4.78 is 5.03. The summed E-state index contributed by atoms with van der Waals surface area (Å²) in [7, 11) is -3.38. The maximum absolute atomic E-state index is 2.76. The van der Waals surface area contributed by atoms with Crippen molar-refractivity contribution in [2.24, 2.45) is 0 Å². The van der Waals surface area contributed by atoms with Gasteiger partial charge in [-0.1, -0.05) is 323 Å². The summed E-state index contributed by atoms with van der Waals surface area (Å²) in [4.78, 5) is 10.5. The highest BCUT2D eigenvalue weighted by Gasteiger charge is 2.52. The number of thiophene rings is 2. The van der Waals surface area contributed by atoms with Crippen LogP contribution in [-0.2, 0) is 54.1 Å². The fourth-order valence-corrected chi connectivity index (χ4v) is 27.6. The second-order valence-corrected chi connectivity index (χ2v) is 73.8. The van der Waals surface area contributed by atoms with Crippen molar-refractivity contribution in [1.29, 1.82) is 0 Å². The number of fused-ring (bicyclic) bond motifs is 11. The van der Waals surface area contributed by atoms with Gasteiger partial charge in [-0.15, -0.1) is 89.8 Å². The van der Waals surface area contributed by atoms with E-state index < -0.39 is 16.1 Å². The van der Waals surface area contributed by atoms with Crippen LogP contribution in [0.2, 0.25) is 39.3 Å². The SMILES string of the molecule is Cc1cc(N(c2ccc(C(C)(C)C)cc2)c2ccc(C(C)(C)C)cc2)cc(N(c2ccc([Si](C)(C)C)cc2-c2ccc(C(C)(C)C)cc2)c2csc3cc4c(cc23)C2(C)CCC4(C)CC2)c1.Cc1cc2c3c(c1)N(c1ccc([Si](C)(C)C)cc1-c1ccc(C(C)(C)C)cc1)c1c(sc4cc5c(cc14)C1(C)CCC5(C)CC1)B3c1cc(C(C)(C)C)ccc1N2c1ccc(C(C)(C)C)cc1.IB(I)I. The molecule has 2 aliphatic heterocycles. The van der Waals surface area contributed by atoms with E-state index >= 15 is 0 Å². The van der Waals surface area contributed by atoms with Gasteiger partial charge in [0.25, 0.3) is 6.71 Å². The standard InChI is InChI=1S/C62H71BN2SSi.C62H74N2SSi.BI3/c1-38-32-52-55-53(33-38)65(50-27-25-44(67(13,14)15)35-45(50)39-16-18-40(19-17-39)58(2,3)4)56-46-36-47-48(62(12)30-28-61(47,11)29-31-62)37-54(46)66-57(56)63(55)49-34-42(60(8,9)10)22-26-51(49)64(52)43-23-20-41(21-24-43)59(5,6)7;1-41-34-48(63(46-24-20-44(21-25-46)59(5,6)7)47-26-22-45(23-27-47)60(8,9)10)36-49(35-41)64(56-40-65-57-39-54-53(38-52(56)57)61(11)30-32-62(54,12)33-31-61)55-29-28-50(66(13,14)15)37-51(55)42-16-18-43(19-17-42)58(2,3)4;2-1(3)4/h16-27,32-37H,28-31H2,1-15H3;16-29,34-40H,30-33H2,1-15H3;. The van der Waals surface area contributed by atoms with Crippen molar-refractivity contribution >= 4 is 227 Å². The molecule has 14 aromatic rings. The first-order valence-corrected chi connectivity index (χ1v) is 62.9. The van der Waals surface area contributed by atoms with Crippen molar-refractivity contribution in [3.63, 3.8) is 0 Å². The number of hydrogen-bond donors (Lipinski definition) is 0. The van der Waals surface area contributed by atoms with Gasteiger partial charge in [0.05, 0.1) is 38.9 Å². The molecule has 0 radical (unpaired) electrons. The molecular weight excluding hydrogens is 2070 g/mol. The fourth-order valence-electron chi connectivity index (χ4n) is 23.0. The Bertz CT molecular complexity index is 6930. The van der Waals surface area contributed by atoms with Crippen molar-refractivity contribution < 1.29 is 0 Å². The highest BCUT2D eigenvalue weighted by atomic mass is 127. The molecule has 0 spiro atoms. The molecule has 2 saturated carbocycles. The summed E-state index contributed by atoms with van der Waals surface area (Å²) in [6, 6.07) is 92.3. The number of nitrogens with zero attached hydrogens (tertiary/aromatic N) is 4. The van der Waals surface area contributed by atoms with E-state index in [2.05, 4.69) is 539 Å². The Hall–Kier alpha value is -7.49. The van der Waals surface area contributed by atoms with Gasteiger partial charge in [0.1, 0.15) is 0 Å². The normalized spacial score (nSPS) is 19.0. The molecule has 22 rings (SSSR count). The molecule has 0 atom stereocenters. The molecule has 708 valence electrons. The zero-order valence-corrected chi connectivity index (χ0v) is 97.7. The molecular formula is C124H145B2I3N4S2Si2. The lowest BCUT2D eigenvalue weighted by Gasteiger charge is -2.52. The number of aryl methyl sites for hydroxylation is 2. The minimum atomic E-state index is -1.70. The highest BCUT2D eigenvalue weighted by Crippen LogP contribution is 2.62. The molecule has 13 heteroatoms. The van der Waals surface area contributed by atoms with E-state index in [1.165, 1.54) is 210 Å². The van der Waals surface area contributed by atoms with Crippen LogP contribution in [0.5, 0.6) is 0 Å². The summed E-state index contributed by atoms with van der Waals surface area (Å²) in [5.41, 5.74) is 41.0. The summed E-state index contributed by atoms with van der Waals surface area (Å²) in [6.45, 7) is 71.5. The van der Waals surface area contributed by atoms with E-state index in [1.807, 2.05) is 11.3 Å². The smallest absolute Gasteiger partial charge is 0.311 e. The van der Waals surface area contributed by atoms with Crippen LogP contribution >= 0.6 is 89.8 Å². The van der Waals surface area contributed by atoms with Crippen molar-refractivity contribution in [3.8, 4) is 22.3 Å². The number of halogens is 3. The van der Waals surface area contributed by atoms with Gasteiger partial charge in [-0.05, 0) is 317 Å². The quantitative estimate of drug-likeness (QED) is 0.0893. The third kappa shape index (κ3) is 18.8. The monoisotopic (exact) mass is 2210 g/mol. The van der Waals surface area contributed by atoms with Crippen LogP contribution in [0.3, 0.4) is 0 Å². The predicted molar refractivity (Wildman–Crippen MR) is 640 cm³/mol. The van der Waals surface area contributed by atoms with Crippen molar-refractivity contribution in [1.82, 2.24) is 0 Å². The van der Waals surface area contributed by atoms with Crippen LogP contribution in [0.4, 0.5) is 68.2 Å². The molecule has 4 bridgehead atoms. The topological polar surface area (TPSA) is 13.0 Å². The Kier molecular flexibility index (Phi) is 25.8. The molecule has 4 nitrogen and oxygen atoms in total. The summed E-state index contributed by atoms with van der Waals surface area (Å²) in [5, 5.41) is 8.19. The summed E-state index contributed by atoms with van der Waals surface area (Å²) >= 11 is 10.9. The largest absolute Gasteiger partial charge is 0.355 e. The summed E-state index contributed by atoms with van der Waals surface area (Å²) in [5.74, 6) is 0. The van der Waals surface area contributed by atoms with Gasteiger partial charge in [-0.3, -0.25) is 0 Å². The Morgan fingerprint density at radius 2 is 0.708 bits per heavy atom. The lowest BCUT2D eigenvalue weighted by Crippen LogP contribution is -2.60. The van der Waals surface area contributed by atoms with Crippen LogP contribution in [0.15, 0.2) is 236 Å². The van der Waals surface area contributed by atoms with E-state index in [9.17, 15) is 0 Å². The maximum atomic E-state index is 2.76. The van der Waals surface area contributed by atoms with E-state index in [1.54, 1.807) is 22.3 Å². The van der Waals surface area contributed by atoms with Crippen LogP contribution in [-0.4, -0.2) is 23.1 Å². The number of rotatable bonds is 12. The Morgan fingerprint density at radius 3 is 1.15 bits per heavy atom. The predicted octanol–water partition coefficient (Wildman–Crippen LogP) is 36.1. The van der Waals surface area contributed by atoms with Gasteiger partial charge in [0.15, 0.2) is 0 Å². The van der Waals surface area contributed by atoms with Crippen LogP contribution in [0, 0.1) is 13.8 Å². The first kappa shape index (κ1) is 99.6. The van der Waals surface area contributed by atoms with Gasteiger partial charge in [0, 0.05) is 87.0 Å². The molecule has 2 aromatic heterocycles. The first-order chi connectivity index (χ1) is 63.9. The van der Waals surface area contributed by atoms with E-state index in [0.717, 1.165) is 23.0 Å². The lowest BCUT2D eigenvalue weighted by molar-refractivity contribution is 0.188. The maximum Gasteiger partial charge on any atom is 0.355 e. The van der Waals surface area contributed by atoms with E-state index in [4.69, 9.17) is 0 Å². The number of hydrogen-bond acceptors (Lipinski definition) is 6. The van der Waals surface area contributed by atoms with Gasteiger partial charge in [-0.25, -0.2) is 0 Å². The van der Waals surface area contributed by atoms with Gasteiger partial charge < -0.3 is 19.6 Å². The molecule has 12 aromatic carbocycles.